The molecule has 1 fully saturated rings. The van der Waals surface area contributed by atoms with E-state index in [1.165, 1.54) is 0 Å². The van der Waals surface area contributed by atoms with Crippen molar-refractivity contribution in [1.82, 2.24) is 5.32 Å². The van der Waals surface area contributed by atoms with Crippen molar-refractivity contribution in [3.05, 3.63) is 76.1 Å². The summed E-state index contributed by atoms with van der Waals surface area (Å²) in [6.45, 7) is 0. The van der Waals surface area contributed by atoms with Crippen LogP contribution in [0.25, 0.3) is 17.0 Å². The van der Waals surface area contributed by atoms with Crippen LogP contribution < -0.4 is 5.32 Å². The van der Waals surface area contributed by atoms with Gasteiger partial charge in [-0.1, -0.05) is 29.8 Å². The van der Waals surface area contributed by atoms with E-state index < -0.39 is 6.10 Å². The van der Waals surface area contributed by atoms with Crippen LogP contribution in [-0.2, 0) is 4.79 Å². The van der Waals surface area contributed by atoms with E-state index in [0.717, 1.165) is 10.9 Å². The first-order valence-corrected chi connectivity index (χ1v) is 8.91. The zero-order valence-electron chi connectivity index (χ0n) is 13.2. The standard InChI is InChI=1S/C19H12ClNO4S/c20-13-3-1-2-11(8-13)17(22)16-9-12-6-10(4-5-15(12)25-16)7-14-18(23)26-19(24)21-14/h1-9,17,22H,(H,21,24). The molecule has 1 aliphatic rings. The number of furan rings is 1. The Kier molecular flexibility index (Phi) is 4.32. The second-order valence-corrected chi connectivity index (χ2v) is 7.15. The number of halogens is 1. The second kappa shape index (κ2) is 6.64. The Labute approximate surface area is 157 Å². The largest absolute Gasteiger partial charge is 0.458 e. The lowest BCUT2D eigenvalue weighted by molar-refractivity contribution is -0.107. The van der Waals surface area contributed by atoms with Gasteiger partial charge in [0.25, 0.3) is 5.24 Å². The summed E-state index contributed by atoms with van der Waals surface area (Å²) in [4.78, 5) is 22.9. The molecule has 1 aliphatic heterocycles. The highest BCUT2D eigenvalue weighted by Gasteiger charge is 2.25. The smallest absolute Gasteiger partial charge is 0.291 e. The fourth-order valence-electron chi connectivity index (χ4n) is 2.74. The van der Waals surface area contributed by atoms with Gasteiger partial charge in [0.05, 0.1) is 5.70 Å². The average Bonchev–Trinajstić information content (AvgIpc) is 3.16. The molecule has 0 aliphatic carbocycles. The fraction of sp³-hybridized carbons (Fsp3) is 0.0526. The molecule has 1 atom stereocenters. The summed E-state index contributed by atoms with van der Waals surface area (Å²) in [6.07, 6.45) is 0.676. The van der Waals surface area contributed by atoms with E-state index >= 15 is 0 Å². The molecule has 5 nitrogen and oxygen atoms in total. The Balaban J connectivity index is 1.67. The van der Waals surface area contributed by atoms with Crippen LogP contribution in [0.3, 0.4) is 0 Å². The molecule has 1 unspecified atom stereocenters. The number of benzene rings is 2. The molecule has 0 saturated carbocycles. The van der Waals surface area contributed by atoms with Crippen LogP contribution in [0, 0.1) is 0 Å². The first-order chi connectivity index (χ1) is 12.5. The minimum atomic E-state index is -0.935. The van der Waals surface area contributed by atoms with Crippen molar-refractivity contribution in [1.29, 1.82) is 0 Å². The summed E-state index contributed by atoms with van der Waals surface area (Å²) in [7, 11) is 0. The molecule has 2 aromatic carbocycles. The topological polar surface area (TPSA) is 79.5 Å². The number of carbonyl (C=O) groups is 2. The molecule has 1 aromatic heterocycles. The summed E-state index contributed by atoms with van der Waals surface area (Å²) < 4.78 is 5.73. The Bertz CT molecular complexity index is 1070. The monoisotopic (exact) mass is 385 g/mol. The van der Waals surface area contributed by atoms with E-state index in [1.807, 2.05) is 6.07 Å². The van der Waals surface area contributed by atoms with Crippen LogP contribution in [0.1, 0.15) is 23.0 Å². The normalized spacial score (nSPS) is 17.1. The van der Waals surface area contributed by atoms with E-state index in [1.54, 1.807) is 48.5 Å². The van der Waals surface area contributed by atoms with Gasteiger partial charge >= 0.3 is 0 Å². The van der Waals surface area contributed by atoms with Gasteiger partial charge in [0.1, 0.15) is 17.4 Å². The number of fused-ring (bicyclic) bond motifs is 1. The summed E-state index contributed by atoms with van der Waals surface area (Å²) in [6, 6.07) is 14.0. The molecule has 2 heterocycles. The van der Waals surface area contributed by atoms with Gasteiger partial charge in [-0.15, -0.1) is 0 Å². The second-order valence-electron chi connectivity index (χ2n) is 5.76. The van der Waals surface area contributed by atoms with Crippen molar-refractivity contribution in [3.63, 3.8) is 0 Å². The van der Waals surface area contributed by atoms with Crippen molar-refractivity contribution >= 4 is 50.8 Å². The van der Waals surface area contributed by atoms with Crippen LogP contribution in [0.15, 0.2) is 58.6 Å². The predicted octanol–water partition coefficient (Wildman–Crippen LogP) is 4.49. The van der Waals surface area contributed by atoms with Crippen molar-refractivity contribution in [2.24, 2.45) is 0 Å². The van der Waals surface area contributed by atoms with E-state index in [2.05, 4.69) is 5.32 Å². The summed E-state index contributed by atoms with van der Waals surface area (Å²) in [5.74, 6) is 0.396. The summed E-state index contributed by atoms with van der Waals surface area (Å²) >= 11 is 6.61. The number of thioether (sulfide) groups is 1. The van der Waals surface area contributed by atoms with E-state index in [-0.39, 0.29) is 16.1 Å². The van der Waals surface area contributed by atoms with Gasteiger partial charge < -0.3 is 14.8 Å². The maximum atomic E-state index is 11.7. The van der Waals surface area contributed by atoms with Crippen LogP contribution >= 0.6 is 23.4 Å². The van der Waals surface area contributed by atoms with Crippen LogP contribution in [0.5, 0.6) is 0 Å². The molecule has 3 aromatic rings. The Morgan fingerprint density at radius 2 is 2.00 bits per heavy atom. The minimum absolute atomic E-state index is 0.252. The molecule has 7 heteroatoms. The lowest BCUT2D eigenvalue weighted by Crippen LogP contribution is -2.10. The highest BCUT2D eigenvalue weighted by molar-refractivity contribution is 8.27. The molecule has 1 amide bonds. The first kappa shape index (κ1) is 16.9. The van der Waals surface area contributed by atoms with Gasteiger partial charge in [-0.3, -0.25) is 9.59 Å². The van der Waals surface area contributed by atoms with Crippen LogP contribution in [0.2, 0.25) is 5.02 Å². The van der Waals surface area contributed by atoms with Gasteiger partial charge in [0.15, 0.2) is 0 Å². The minimum Gasteiger partial charge on any atom is -0.458 e. The lowest BCUT2D eigenvalue weighted by atomic mass is 10.1. The number of amides is 1. The number of hydrogen-bond donors (Lipinski definition) is 2. The first-order valence-electron chi connectivity index (χ1n) is 7.71. The molecule has 0 radical (unpaired) electrons. The number of rotatable bonds is 3. The molecule has 1 saturated heterocycles. The predicted molar refractivity (Wildman–Crippen MR) is 101 cm³/mol. The molecule has 0 spiro atoms. The molecule has 4 rings (SSSR count). The zero-order valence-corrected chi connectivity index (χ0v) is 14.8. The number of nitrogens with one attached hydrogen (secondary N) is 1. The average molecular weight is 386 g/mol. The SMILES string of the molecule is O=C1NC(=Cc2ccc3oc(C(O)c4cccc(Cl)c4)cc3c2)C(=O)S1. The van der Waals surface area contributed by atoms with Crippen molar-refractivity contribution in [2.75, 3.05) is 0 Å². The third-order valence-corrected chi connectivity index (χ3v) is 4.87. The van der Waals surface area contributed by atoms with Crippen LogP contribution in [-0.4, -0.2) is 15.5 Å². The summed E-state index contributed by atoms with van der Waals surface area (Å²) in [5.41, 5.74) is 2.24. The van der Waals surface area contributed by atoms with Crippen molar-refractivity contribution < 1.29 is 19.1 Å². The number of hydrogen-bond acceptors (Lipinski definition) is 5. The molecule has 130 valence electrons. The number of carbonyl (C=O) groups excluding carboxylic acids is 2. The molecule has 2 N–H and O–H groups in total. The molecule has 0 bridgehead atoms. The third-order valence-electron chi connectivity index (χ3n) is 3.95. The zero-order chi connectivity index (χ0) is 18.3. The van der Waals surface area contributed by atoms with Gasteiger partial charge in [0, 0.05) is 22.2 Å². The highest BCUT2D eigenvalue weighted by atomic mass is 35.5. The van der Waals surface area contributed by atoms with E-state index in [0.29, 0.717) is 33.7 Å². The number of aliphatic hydroxyl groups is 1. The fourth-order valence-corrected chi connectivity index (χ4v) is 3.48. The van der Waals surface area contributed by atoms with Crippen molar-refractivity contribution in [3.8, 4) is 0 Å². The van der Waals surface area contributed by atoms with Gasteiger partial charge in [-0.2, -0.15) is 0 Å². The highest BCUT2D eigenvalue weighted by Crippen LogP contribution is 2.30. The maximum absolute atomic E-state index is 11.7. The summed E-state index contributed by atoms with van der Waals surface area (Å²) in [5, 5.41) is 13.7. The Morgan fingerprint density at radius 3 is 2.73 bits per heavy atom. The molecular formula is C19H12ClNO4S. The Hall–Kier alpha value is -2.54. The maximum Gasteiger partial charge on any atom is 0.291 e. The molecular weight excluding hydrogens is 374 g/mol. The van der Waals surface area contributed by atoms with Gasteiger partial charge in [0.2, 0.25) is 5.12 Å². The van der Waals surface area contributed by atoms with Crippen molar-refractivity contribution in [2.45, 2.75) is 6.10 Å². The van der Waals surface area contributed by atoms with E-state index in [9.17, 15) is 14.7 Å². The Morgan fingerprint density at radius 1 is 1.15 bits per heavy atom. The molecule has 26 heavy (non-hydrogen) atoms. The van der Waals surface area contributed by atoms with Gasteiger partial charge in [-0.25, -0.2) is 0 Å². The quantitative estimate of drug-likeness (QED) is 0.649. The third kappa shape index (κ3) is 3.26. The van der Waals surface area contributed by atoms with Crippen LogP contribution in [0.4, 0.5) is 4.79 Å². The van der Waals surface area contributed by atoms with Gasteiger partial charge in [-0.05, 0) is 47.5 Å². The lowest BCUT2D eigenvalue weighted by Gasteiger charge is -2.07. The number of aliphatic hydroxyl groups excluding tert-OH is 1. The van der Waals surface area contributed by atoms with E-state index in [4.69, 9.17) is 16.0 Å².